The average Bonchev–Trinajstić information content (AvgIpc) is 3.19. The lowest BCUT2D eigenvalue weighted by molar-refractivity contribution is -0.123. The number of hydrogen-bond acceptors (Lipinski definition) is 5. The monoisotopic (exact) mass is 479 g/mol. The van der Waals surface area contributed by atoms with Gasteiger partial charge in [-0.05, 0) is 36.8 Å². The third-order valence-electron chi connectivity index (χ3n) is 5.38. The topological polar surface area (TPSA) is 97.0 Å². The van der Waals surface area contributed by atoms with Crippen LogP contribution in [0.3, 0.4) is 0 Å². The molecule has 8 nitrogen and oxygen atoms in total. The maximum absolute atomic E-state index is 12.9. The van der Waals surface area contributed by atoms with Gasteiger partial charge in [0.2, 0.25) is 11.8 Å². The summed E-state index contributed by atoms with van der Waals surface area (Å²) in [4.78, 5) is 39.0. The van der Waals surface area contributed by atoms with E-state index in [-0.39, 0.29) is 30.1 Å². The molecule has 1 atom stereocenters. The first-order valence-corrected chi connectivity index (χ1v) is 10.3. The summed E-state index contributed by atoms with van der Waals surface area (Å²) in [5.74, 6) is -1.32. The highest BCUT2D eigenvalue weighted by atomic mass is 19.4. The predicted molar refractivity (Wildman–Crippen MR) is 118 cm³/mol. The highest BCUT2D eigenvalue weighted by Gasteiger charge is 2.36. The number of halogens is 3. The van der Waals surface area contributed by atoms with Crippen LogP contribution in [0.25, 0.3) is 0 Å². The molecular weight excluding hydrogens is 455 g/mol. The summed E-state index contributed by atoms with van der Waals surface area (Å²) < 4.78 is 47.6. The molecule has 0 bridgehead atoms. The Labute approximate surface area is 194 Å². The molecule has 11 heteroatoms. The lowest BCUT2D eigenvalue weighted by Crippen LogP contribution is -2.33. The number of methoxy groups -OCH3 is 2. The molecule has 1 unspecified atom stereocenters. The molecule has 2 aromatic carbocycles. The number of nitrogens with one attached hydrogen (secondary N) is 2. The molecule has 0 saturated carbocycles. The molecule has 2 N–H and O–H groups in total. The number of nitrogens with zero attached hydrogens (tertiary/aromatic N) is 1. The number of rotatable bonds is 7. The summed E-state index contributed by atoms with van der Waals surface area (Å²) in [6, 6.07) is 9.19. The number of hydrogen-bond donors (Lipinski definition) is 2. The number of carbonyl (C=O) groups excluding carboxylic acids is 3. The Morgan fingerprint density at radius 2 is 1.79 bits per heavy atom. The van der Waals surface area contributed by atoms with Gasteiger partial charge in [-0.25, -0.2) is 0 Å². The molecule has 2 aromatic rings. The first-order valence-electron chi connectivity index (χ1n) is 10.3. The van der Waals surface area contributed by atoms with Gasteiger partial charge in [-0.2, -0.15) is 13.2 Å². The third kappa shape index (κ3) is 5.77. The largest absolute Gasteiger partial charge is 0.493 e. The average molecular weight is 479 g/mol. The standard InChI is InChI=1S/C23H24F3N3O5/c1-13-4-5-14(21(31)27-12-23(24,25)26)8-17(13)28-22(32)15-9-20(30)29(11-15)16-6-7-18(33-2)19(10-16)34-3/h4-8,10,15H,9,11-12H2,1-3H3,(H,27,31)(H,28,32). The number of alkyl halides is 3. The van der Waals surface area contributed by atoms with Crippen molar-refractivity contribution in [2.45, 2.75) is 19.5 Å². The highest BCUT2D eigenvalue weighted by Crippen LogP contribution is 2.34. The summed E-state index contributed by atoms with van der Waals surface area (Å²) in [5, 5.41) is 4.48. The lowest BCUT2D eigenvalue weighted by Gasteiger charge is -2.19. The van der Waals surface area contributed by atoms with E-state index in [4.69, 9.17) is 9.47 Å². The van der Waals surface area contributed by atoms with Crippen LogP contribution in [0.15, 0.2) is 36.4 Å². The number of carbonyl (C=O) groups is 3. The van der Waals surface area contributed by atoms with Crippen LogP contribution in [0, 0.1) is 12.8 Å². The zero-order chi connectivity index (χ0) is 25.0. The van der Waals surface area contributed by atoms with E-state index < -0.39 is 30.5 Å². The van der Waals surface area contributed by atoms with Gasteiger partial charge in [0.15, 0.2) is 11.5 Å². The fourth-order valence-corrected chi connectivity index (χ4v) is 3.54. The van der Waals surface area contributed by atoms with Crippen molar-refractivity contribution >= 4 is 29.1 Å². The molecule has 182 valence electrons. The SMILES string of the molecule is COc1ccc(N2CC(C(=O)Nc3cc(C(=O)NCC(F)(F)F)ccc3C)CC2=O)cc1OC. The Hall–Kier alpha value is -3.76. The minimum atomic E-state index is -4.54. The Morgan fingerprint density at radius 3 is 2.44 bits per heavy atom. The smallest absolute Gasteiger partial charge is 0.405 e. The number of ether oxygens (including phenoxy) is 2. The Kier molecular flexibility index (Phi) is 7.33. The van der Waals surface area contributed by atoms with E-state index in [0.29, 0.717) is 22.7 Å². The zero-order valence-electron chi connectivity index (χ0n) is 18.8. The normalized spacial score (nSPS) is 15.8. The van der Waals surface area contributed by atoms with E-state index >= 15 is 0 Å². The van der Waals surface area contributed by atoms with Gasteiger partial charge in [-0.3, -0.25) is 14.4 Å². The second kappa shape index (κ2) is 10.0. The molecule has 0 aliphatic carbocycles. The van der Waals surface area contributed by atoms with Crippen molar-refractivity contribution in [3.05, 3.63) is 47.5 Å². The summed E-state index contributed by atoms with van der Waals surface area (Å²) >= 11 is 0. The zero-order valence-corrected chi connectivity index (χ0v) is 18.8. The van der Waals surface area contributed by atoms with Gasteiger partial charge in [-0.1, -0.05) is 6.07 Å². The maximum Gasteiger partial charge on any atom is 0.405 e. The fraction of sp³-hybridized carbons (Fsp3) is 0.348. The number of amides is 3. The van der Waals surface area contributed by atoms with Crippen molar-refractivity contribution in [2.75, 3.05) is 37.5 Å². The summed E-state index contributed by atoms with van der Waals surface area (Å²) in [6.07, 6.45) is -4.56. The van der Waals surface area contributed by atoms with Crippen molar-refractivity contribution in [3.8, 4) is 11.5 Å². The van der Waals surface area contributed by atoms with Crippen molar-refractivity contribution < 1.29 is 37.0 Å². The second-order valence-corrected chi connectivity index (χ2v) is 7.76. The van der Waals surface area contributed by atoms with E-state index in [1.165, 1.54) is 37.3 Å². The van der Waals surface area contributed by atoms with Gasteiger partial charge in [-0.15, -0.1) is 0 Å². The van der Waals surface area contributed by atoms with Crippen LogP contribution in [-0.2, 0) is 9.59 Å². The molecule has 1 saturated heterocycles. The van der Waals surface area contributed by atoms with Crippen LogP contribution >= 0.6 is 0 Å². The van der Waals surface area contributed by atoms with Crippen LogP contribution < -0.4 is 25.0 Å². The van der Waals surface area contributed by atoms with Gasteiger partial charge < -0.3 is 25.0 Å². The molecule has 0 radical (unpaired) electrons. The van der Waals surface area contributed by atoms with Crippen LogP contribution in [-0.4, -0.2) is 51.2 Å². The molecule has 0 spiro atoms. The second-order valence-electron chi connectivity index (χ2n) is 7.76. The molecule has 3 rings (SSSR count). The van der Waals surface area contributed by atoms with E-state index in [2.05, 4.69) is 5.32 Å². The van der Waals surface area contributed by atoms with Crippen LogP contribution in [0.4, 0.5) is 24.5 Å². The lowest BCUT2D eigenvalue weighted by atomic mass is 10.1. The molecule has 1 heterocycles. The van der Waals surface area contributed by atoms with Crippen LogP contribution in [0.2, 0.25) is 0 Å². The molecule has 0 aromatic heterocycles. The Morgan fingerprint density at radius 1 is 1.09 bits per heavy atom. The number of anilines is 2. The van der Waals surface area contributed by atoms with Crippen molar-refractivity contribution in [2.24, 2.45) is 5.92 Å². The minimum Gasteiger partial charge on any atom is -0.493 e. The number of aryl methyl sites for hydroxylation is 1. The number of benzene rings is 2. The highest BCUT2D eigenvalue weighted by molar-refractivity contribution is 6.04. The van der Waals surface area contributed by atoms with Gasteiger partial charge in [0.05, 0.1) is 20.1 Å². The van der Waals surface area contributed by atoms with Crippen molar-refractivity contribution in [3.63, 3.8) is 0 Å². The Balaban J connectivity index is 1.70. The summed E-state index contributed by atoms with van der Waals surface area (Å²) in [6.45, 7) is 0.352. The Bertz CT molecular complexity index is 1100. The van der Waals surface area contributed by atoms with Gasteiger partial charge >= 0.3 is 6.18 Å². The molecule has 1 aliphatic rings. The van der Waals surface area contributed by atoms with E-state index in [0.717, 1.165) is 0 Å². The van der Waals surface area contributed by atoms with E-state index in [9.17, 15) is 27.6 Å². The van der Waals surface area contributed by atoms with Gasteiger partial charge in [0.1, 0.15) is 6.54 Å². The van der Waals surface area contributed by atoms with Gasteiger partial charge in [0.25, 0.3) is 5.91 Å². The minimum absolute atomic E-state index is 0.0228. The molecule has 1 fully saturated rings. The summed E-state index contributed by atoms with van der Waals surface area (Å²) in [5.41, 5.74) is 1.42. The van der Waals surface area contributed by atoms with Crippen molar-refractivity contribution in [1.82, 2.24) is 5.32 Å². The van der Waals surface area contributed by atoms with Crippen LogP contribution in [0.5, 0.6) is 11.5 Å². The third-order valence-corrected chi connectivity index (χ3v) is 5.38. The van der Waals surface area contributed by atoms with Crippen LogP contribution in [0.1, 0.15) is 22.3 Å². The molecule has 34 heavy (non-hydrogen) atoms. The van der Waals surface area contributed by atoms with Crippen molar-refractivity contribution in [1.29, 1.82) is 0 Å². The quantitative estimate of drug-likeness (QED) is 0.635. The first kappa shape index (κ1) is 24.9. The van der Waals surface area contributed by atoms with E-state index in [1.807, 2.05) is 0 Å². The predicted octanol–water partition coefficient (Wildman–Crippen LogP) is 3.30. The molecule has 3 amide bonds. The van der Waals surface area contributed by atoms with E-state index in [1.54, 1.807) is 30.4 Å². The summed E-state index contributed by atoms with van der Waals surface area (Å²) in [7, 11) is 2.97. The molecule has 1 aliphatic heterocycles. The fourth-order valence-electron chi connectivity index (χ4n) is 3.54. The molecular formula is C23H24F3N3O5. The maximum atomic E-state index is 12.9. The van der Waals surface area contributed by atoms with Gasteiger partial charge in [0, 0.05) is 36.0 Å². The first-order chi connectivity index (χ1) is 16.0.